The second-order valence-electron chi connectivity index (χ2n) is 5.30. The Morgan fingerprint density at radius 2 is 1.83 bits per heavy atom. The zero-order chi connectivity index (χ0) is 17.4. The van der Waals surface area contributed by atoms with Crippen molar-refractivity contribution in [1.29, 1.82) is 0 Å². The van der Waals surface area contributed by atoms with Crippen molar-refractivity contribution in [3.05, 3.63) is 71.7 Å². The van der Waals surface area contributed by atoms with Crippen LogP contribution < -0.4 is 16.8 Å². The lowest BCUT2D eigenvalue weighted by Gasteiger charge is -2.11. The molecule has 0 aliphatic heterocycles. The molecule has 0 saturated carbocycles. The summed E-state index contributed by atoms with van der Waals surface area (Å²) in [5, 5.41) is 10.8. The number of hydrogen-bond donors (Lipinski definition) is 3. The molecule has 1 aromatic carbocycles. The van der Waals surface area contributed by atoms with Gasteiger partial charge in [0.1, 0.15) is 11.3 Å². The maximum Gasteiger partial charge on any atom is 0.329 e. The molecule has 3 aromatic rings. The largest absolute Gasteiger partial charge is 0.388 e. The number of aromatic nitrogens is 4. The molecular weight excluding hydrogens is 336 g/mol. The van der Waals surface area contributed by atoms with Crippen LogP contribution in [0.15, 0.2) is 38.6 Å². The Labute approximate surface area is 139 Å². The van der Waals surface area contributed by atoms with Gasteiger partial charge in [0.25, 0.3) is 11.1 Å². The van der Waals surface area contributed by atoms with Gasteiger partial charge in [-0.25, -0.2) is 9.78 Å². The van der Waals surface area contributed by atoms with E-state index in [1.165, 1.54) is 7.05 Å². The number of nitrogens with one attached hydrogen (secondary N) is 2. The molecule has 0 fully saturated rings. The molecule has 3 rings (SSSR count). The van der Waals surface area contributed by atoms with Crippen LogP contribution >= 0.6 is 11.6 Å². The van der Waals surface area contributed by atoms with Gasteiger partial charge in [-0.1, -0.05) is 23.7 Å². The predicted molar refractivity (Wildman–Crippen MR) is 88.3 cm³/mol. The molecule has 0 aliphatic carbocycles. The van der Waals surface area contributed by atoms with Crippen molar-refractivity contribution in [3.8, 4) is 0 Å². The molecule has 24 heavy (non-hydrogen) atoms. The molecule has 124 valence electrons. The topological polar surface area (TPSA) is 121 Å². The number of fused-ring (bicyclic) bond motifs is 1. The van der Waals surface area contributed by atoms with Crippen molar-refractivity contribution in [2.45, 2.75) is 12.5 Å². The molecule has 2 heterocycles. The van der Waals surface area contributed by atoms with Gasteiger partial charge in [0.05, 0.1) is 6.10 Å². The van der Waals surface area contributed by atoms with E-state index < -0.39 is 22.9 Å². The predicted octanol–water partition coefficient (Wildman–Crippen LogP) is 0.240. The molecule has 0 amide bonds. The first-order valence-electron chi connectivity index (χ1n) is 7.02. The van der Waals surface area contributed by atoms with Crippen LogP contribution in [-0.4, -0.2) is 24.6 Å². The third kappa shape index (κ3) is 2.89. The maximum atomic E-state index is 12.2. The van der Waals surface area contributed by atoms with Crippen LogP contribution in [0.3, 0.4) is 0 Å². The molecule has 3 N–H and O–H groups in total. The minimum absolute atomic E-state index is 0.00546. The summed E-state index contributed by atoms with van der Waals surface area (Å²) < 4.78 is 1.09. The lowest BCUT2D eigenvalue weighted by Crippen LogP contribution is -2.32. The van der Waals surface area contributed by atoms with Crippen molar-refractivity contribution in [2.24, 2.45) is 7.05 Å². The van der Waals surface area contributed by atoms with Crippen LogP contribution in [0.4, 0.5) is 0 Å². The molecular formula is C15H13ClN4O4. The monoisotopic (exact) mass is 348 g/mol. The fourth-order valence-electron chi connectivity index (χ4n) is 2.34. The summed E-state index contributed by atoms with van der Waals surface area (Å²) in [5.74, 6) is 0. The van der Waals surface area contributed by atoms with Crippen molar-refractivity contribution in [2.75, 3.05) is 0 Å². The minimum Gasteiger partial charge on any atom is -0.388 e. The van der Waals surface area contributed by atoms with Gasteiger partial charge in [-0.15, -0.1) is 0 Å². The highest BCUT2D eigenvalue weighted by Crippen LogP contribution is 2.18. The smallest absolute Gasteiger partial charge is 0.329 e. The molecule has 0 radical (unpaired) electrons. The third-order valence-corrected chi connectivity index (χ3v) is 3.93. The Hall–Kier alpha value is -2.71. The van der Waals surface area contributed by atoms with Gasteiger partial charge in [0.2, 0.25) is 0 Å². The summed E-state index contributed by atoms with van der Waals surface area (Å²) in [4.78, 5) is 44.2. The van der Waals surface area contributed by atoms with Crippen LogP contribution in [0, 0.1) is 0 Å². The number of aliphatic hydroxyl groups excluding tert-OH is 1. The number of aliphatic hydroxyl groups is 1. The minimum atomic E-state index is -0.986. The highest BCUT2D eigenvalue weighted by molar-refractivity contribution is 6.30. The van der Waals surface area contributed by atoms with E-state index in [-0.39, 0.29) is 23.3 Å². The van der Waals surface area contributed by atoms with Crippen LogP contribution in [0.25, 0.3) is 11.2 Å². The number of nitrogens with zero attached hydrogens (tertiary/aromatic N) is 2. The summed E-state index contributed by atoms with van der Waals surface area (Å²) in [7, 11) is 1.40. The van der Waals surface area contributed by atoms with Gasteiger partial charge < -0.3 is 10.1 Å². The first kappa shape index (κ1) is 16.2. The molecule has 0 unspecified atom stereocenters. The van der Waals surface area contributed by atoms with Crippen LogP contribution in [-0.2, 0) is 13.5 Å². The number of halogens is 1. The Balaban J connectivity index is 2.06. The summed E-state index contributed by atoms with van der Waals surface area (Å²) >= 11 is 5.80. The van der Waals surface area contributed by atoms with Gasteiger partial charge in [0.15, 0.2) is 5.52 Å². The fraction of sp³-hybridized carbons (Fsp3) is 0.200. The zero-order valence-electron chi connectivity index (χ0n) is 12.5. The van der Waals surface area contributed by atoms with E-state index in [2.05, 4.69) is 15.0 Å². The second kappa shape index (κ2) is 6.06. The van der Waals surface area contributed by atoms with E-state index >= 15 is 0 Å². The second-order valence-corrected chi connectivity index (χ2v) is 5.74. The average Bonchev–Trinajstić information content (AvgIpc) is 2.54. The standard InChI is InChI=1S/C15H13ClN4O4/c1-20-12-11(14(23)19-15(20)24)17-9(13(22)18-12)6-10(21)7-2-4-8(16)5-3-7/h2-5,10,21H,6H2,1H3,(H,18,22)(H,19,23,24)/t10-/m1/s1. The van der Waals surface area contributed by atoms with E-state index in [4.69, 9.17) is 11.6 Å². The van der Waals surface area contributed by atoms with Gasteiger partial charge in [-0.3, -0.25) is 19.1 Å². The lowest BCUT2D eigenvalue weighted by molar-refractivity contribution is 0.177. The Morgan fingerprint density at radius 1 is 1.17 bits per heavy atom. The Kier molecular flexibility index (Phi) is 4.08. The molecule has 9 heteroatoms. The van der Waals surface area contributed by atoms with Crippen LogP contribution in [0.1, 0.15) is 17.4 Å². The fourth-order valence-corrected chi connectivity index (χ4v) is 2.47. The molecule has 2 aromatic heterocycles. The van der Waals surface area contributed by atoms with Crippen LogP contribution in [0.5, 0.6) is 0 Å². The van der Waals surface area contributed by atoms with Gasteiger partial charge >= 0.3 is 5.69 Å². The maximum absolute atomic E-state index is 12.2. The SMILES string of the molecule is Cn1c(=O)[nH]c(=O)c2nc(C[C@@H](O)c3ccc(Cl)cc3)c(=O)[nH]c21. The Morgan fingerprint density at radius 3 is 2.50 bits per heavy atom. The first-order valence-corrected chi connectivity index (χ1v) is 7.40. The Bertz CT molecular complexity index is 1080. The summed E-state index contributed by atoms with van der Waals surface area (Å²) in [6.07, 6.45) is -1.07. The van der Waals surface area contributed by atoms with E-state index in [1.807, 2.05) is 0 Å². The molecule has 0 saturated heterocycles. The average molecular weight is 349 g/mol. The molecule has 0 spiro atoms. The summed E-state index contributed by atoms with van der Waals surface area (Å²) in [5.41, 5.74) is -1.42. The van der Waals surface area contributed by atoms with Gasteiger partial charge in [-0.05, 0) is 17.7 Å². The zero-order valence-corrected chi connectivity index (χ0v) is 13.3. The number of benzene rings is 1. The highest BCUT2D eigenvalue weighted by Gasteiger charge is 2.16. The van der Waals surface area contributed by atoms with Crippen LogP contribution in [0.2, 0.25) is 5.02 Å². The molecule has 1 atom stereocenters. The quantitative estimate of drug-likeness (QED) is 0.626. The number of aryl methyl sites for hydroxylation is 1. The number of hydrogen-bond acceptors (Lipinski definition) is 5. The third-order valence-electron chi connectivity index (χ3n) is 3.68. The molecule has 0 bridgehead atoms. The number of H-pyrrole nitrogens is 2. The van der Waals surface area contributed by atoms with Gasteiger partial charge in [0, 0.05) is 18.5 Å². The summed E-state index contributed by atoms with van der Waals surface area (Å²) in [6.45, 7) is 0. The number of aromatic amines is 2. The van der Waals surface area contributed by atoms with Crippen molar-refractivity contribution < 1.29 is 5.11 Å². The first-order chi connectivity index (χ1) is 11.4. The summed E-state index contributed by atoms with van der Waals surface area (Å²) in [6, 6.07) is 6.52. The van der Waals surface area contributed by atoms with E-state index in [9.17, 15) is 19.5 Å². The molecule has 0 aliphatic rings. The van der Waals surface area contributed by atoms with E-state index in [0.29, 0.717) is 10.6 Å². The van der Waals surface area contributed by atoms with Crippen molar-refractivity contribution >= 4 is 22.8 Å². The van der Waals surface area contributed by atoms with Crippen molar-refractivity contribution in [3.63, 3.8) is 0 Å². The van der Waals surface area contributed by atoms with Crippen molar-refractivity contribution in [1.82, 2.24) is 19.5 Å². The van der Waals surface area contributed by atoms with Gasteiger partial charge in [-0.2, -0.15) is 0 Å². The molecule has 8 nitrogen and oxygen atoms in total. The van der Waals surface area contributed by atoms with E-state index in [1.54, 1.807) is 24.3 Å². The van der Waals surface area contributed by atoms with E-state index in [0.717, 1.165) is 4.57 Å². The highest BCUT2D eigenvalue weighted by atomic mass is 35.5. The number of rotatable bonds is 3. The lowest BCUT2D eigenvalue weighted by atomic mass is 10.1. The normalized spacial score (nSPS) is 12.5.